The Morgan fingerprint density at radius 2 is 1.67 bits per heavy atom. The largest absolute Gasteiger partial charge is 0.467 e. The fourth-order valence-electron chi connectivity index (χ4n) is 3.74. The van der Waals surface area contributed by atoms with Crippen LogP contribution in [0.4, 0.5) is 23.7 Å². The summed E-state index contributed by atoms with van der Waals surface area (Å²) in [5.41, 5.74) is 2.20. The number of nitrogens with one attached hydrogen (secondary N) is 1. The number of benzene rings is 3. The maximum atomic E-state index is 13.2. The molecule has 0 radical (unpaired) electrons. The first-order chi connectivity index (χ1) is 18.4. The Labute approximate surface area is 224 Å². The number of halogens is 3. The summed E-state index contributed by atoms with van der Waals surface area (Å²) in [4.78, 5) is 14.1. The average Bonchev–Trinajstić information content (AvgIpc) is 3.40. The molecule has 0 aliphatic rings. The van der Waals surface area contributed by atoms with Gasteiger partial charge in [0.25, 0.3) is 0 Å². The molecule has 4 rings (SSSR count). The number of rotatable bonds is 8. The van der Waals surface area contributed by atoms with E-state index in [-0.39, 0.29) is 24.9 Å². The summed E-state index contributed by atoms with van der Waals surface area (Å²) >= 11 is 0. The summed E-state index contributed by atoms with van der Waals surface area (Å²) < 4.78 is 74.6. The maximum Gasteiger partial charge on any atom is 0.416 e. The molecule has 0 unspecified atom stereocenters. The van der Waals surface area contributed by atoms with Gasteiger partial charge in [0.1, 0.15) is 16.4 Å². The summed E-state index contributed by atoms with van der Waals surface area (Å²) in [6, 6.07) is 17.9. The van der Waals surface area contributed by atoms with Crippen LogP contribution in [-0.4, -0.2) is 19.3 Å². The second-order valence-corrected chi connectivity index (χ2v) is 10.4. The maximum absolute atomic E-state index is 13.2. The number of alkyl halides is 3. The van der Waals surface area contributed by atoms with Crippen molar-refractivity contribution in [1.82, 2.24) is 4.90 Å². The highest BCUT2D eigenvalue weighted by Crippen LogP contribution is 2.31. The first kappa shape index (κ1) is 27.8. The lowest BCUT2D eigenvalue weighted by Crippen LogP contribution is -2.34. The van der Waals surface area contributed by atoms with E-state index in [2.05, 4.69) is 5.32 Å². The standard InChI is InChI=1S/C28H25F3N2O5S/c1-19-6-3-10-26(20(19)2)32-27(34)33(18-24-8-5-15-37-24)17-21-11-13-23(14-12-21)38-39(35,36)25-9-4-7-22(16-25)28(29,30)31/h3-16H,17-18H2,1-2H3,(H,32,34). The van der Waals surface area contributed by atoms with E-state index in [0.717, 1.165) is 29.3 Å². The number of amides is 2. The Morgan fingerprint density at radius 1 is 0.949 bits per heavy atom. The van der Waals surface area contributed by atoms with Crippen LogP contribution in [0.15, 0.2) is 94.4 Å². The van der Waals surface area contributed by atoms with Crippen molar-refractivity contribution in [3.05, 3.63) is 113 Å². The van der Waals surface area contributed by atoms with Crippen molar-refractivity contribution >= 4 is 21.8 Å². The van der Waals surface area contributed by atoms with Gasteiger partial charge in [0.2, 0.25) is 0 Å². The minimum Gasteiger partial charge on any atom is -0.467 e. The van der Waals surface area contributed by atoms with E-state index in [9.17, 15) is 26.4 Å². The van der Waals surface area contributed by atoms with E-state index in [4.69, 9.17) is 8.60 Å². The molecule has 4 aromatic rings. The van der Waals surface area contributed by atoms with Crippen molar-refractivity contribution < 1.29 is 35.0 Å². The Hall–Kier alpha value is -4.25. The Kier molecular flexibility index (Phi) is 8.01. The molecule has 0 saturated heterocycles. The van der Waals surface area contributed by atoms with Gasteiger partial charge in [-0.25, -0.2) is 4.79 Å². The molecule has 1 N–H and O–H groups in total. The van der Waals surface area contributed by atoms with Crippen LogP contribution >= 0.6 is 0 Å². The number of urea groups is 1. The Balaban J connectivity index is 1.50. The zero-order valence-electron chi connectivity index (χ0n) is 21.0. The molecule has 0 atom stereocenters. The second kappa shape index (κ2) is 11.2. The van der Waals surface area contributed by atoms with Crippen molar-refractivity contribution in [2.45, 2.75) is 38.0 Å². The Morgan fingerprint density at radius 3 is 2.33 bits per heavy atom. The summed E-state index contributed by atoms with van der Waals surface area (Å²) in [6.45, 7) is 4.18. The smallest absolute Gasteiger partial charge is 0.416 e. The van der Waals surface area contributed by atoms with Gasteiger partial charge in [0.05, 0.1) is 18.4 Å². The molecular formula is C28H25F3N2O5S. The number of aryl methyl sites for hydroxylation is 1. The molecule has 1 heterocycles. The molecule has 11 heteroatoms. The van der Waals surface area contributed by atoms with Gasteiger partial charge in [-0.2, -0.15) is 21.6 Å². The lowest BCUT2D eigenvalue weighted by Gasteiger charge is -2.23. The van der Waals surface area contributed by atoms with Crippen LogP contribution in [-0.2, 0) is 29.4 Å². The normalized spacial score (nSPS) is 11.7. The van der Waals surface area contributed by atoms with Crippen LogP contribution in [0, 0.1) is 13.8 Å². The zero-order valence-corrected chi connectivity index (χ0v) is 21.8. The molecule has 0 fully saturated rings. The van der Waals surface area contributed by atoms with Crippen molar-refractivity contribution in [3.8, 4) is 5.75 Å². The predicted molar refractivity (Wildman–Crippen MR) is 139 cm³/mol. The molecule has 2 amide bonds. The highest BCUT2D eigenvalue weighted by molar-refractivity contribution is 7.87. The first-order valence-electron chi connectivity index (χ1n) is 11.8. The average molecular weight is 559 g/mol. The lowest BCUT2D eigenvalue weighted by atomic mass is 10.1. The molecule has 0 bridgehead atoms. The fraction of sp³-hybridized carbons (Fsp3) is 0.179. The molecular weight excluding hydrogens is 533 g/mol. The second-order valence-electron chi connectivity index (χ2n) is 8.82. The monoisotopic (exact) mass is 558 g/mol. The number of nitrogens with zero attached hydrogens (tertiary/aromatic N) is 1. The van der Waals surface area contributed by atoms with Gasteiger partial charge < -0.3 is 18.8 Å². The number of carbonyl (C=O) groups is 1. The van der Waals surface area contributed by atoms with Crippen LogP contribution < -0.4 is 9.50 Å². The van der Waals surface area contributed by atoms with Crippen LogP contribution in [0.5, 0.6) is 5.75 Å². The third kappa shape index (κ3) is 6.99. The molecule has 7 nitrogen and oxygen atoms in total. The van der Waals surface area contributed by atoms with E-state index in [1.165, 1.54) is 23.3 Å². The fourth-order valence-corrected chi connectivity index (χ4v) is 4.72. The van der Waals surface area contributed by atoms with Crippen molar-refractivity contribution in [3.63, 3.8) is 0 Å². The molecule has 1 aromatic heterocycles. The van der Waals surface area contributed by atoms with E-state index in [1.807, 2.05) is 32.0 Å². The number of carbonyl (C=O) groups excluding carboxylic acids is 1. The predicted octanol–water partition coefficient (Wildman–Crippen LogP) is 6.92. The molecule has 0 aliphatic carbocycles. The van der Waals surface area contributed by atoms with E-state index in [1.54, 1.807) is 24.3 Å². The topological polar surface area (TPSA) is 88.9 Å². The molecule has 39 heavy (non-hydrogen) atoms. The molecule has 0 saturated carbocycles. The van der Waals surface area contributed by atoms with Crippen LogP contribution in [0.3, 0.4) is 0 Å². The van der Waals surface area contributed by atoms with Gasteiger partial charge in [0, 0.05) is 12.2 Å². The number of anilines is 1. The molecule has 3 aromatic carbocycles. The highest BCUT2D eigenvalue weighted by Gasteiger charge is 2.32. The van der Waals surface area contributed by atoms with Gasteiger partial charge >= 0.3 is 22.3 Å². The number of hydrogen-bond donors (Lipinski definition) is 1. The van der Waals surface area contributed by atoms with Crippen LogP contribution in [0.25, 0.3) is 0 Å². The third-order valence-electron chi connectivity index (χ3n) is 6.01. The SMILES string of the molecule is Cc1cccc(NC(=O)N(Cc2ccc(OS(=O)(=O)c3cccc(C(F)(F)F)c3)cc2)Cc2ccco2)c1C. The summed E-state index contributed by atoms with van der Waals surface area (Å²) in [5, 5.41) is 2.92. The molecule has 0 spiro atoms. The van der Waals surface area contributed by atoms with Crippen LogP contribution in [0.2, 0.25) is 0 Å². The van der Waals surface area contributed by atoms with Gasteiger partial charge in [-0.15, -0.1) is 0 Å². The first-order valence-corrected chi connectivity index (χ1v) is 13.2. The molecule has 204 valence electrons. The number of furan rings is 1. The highest BCUT2D eigenvalue weighted by atomic mass is 32.2. The zero-order chi connectivity index (χ0) is 28.2. The summed E-state index contributed by atoms with van der Waals surface area (Å²) in [7, 11) is -4.51. The quantitative estimate of drug-likeness (QED) is 0.237. The lowest BCUT2D eigenvalue weighted by molar-refractivity contribution is -0.137. The minimum atomic E-state index is -4.70. The van der Waals surface area contributed by atoms with E-state index < -0.39 is 26.8 Å². The van der Waals surface area contributed by atoms with Crippen molar-refractivity contribution in [1.29, 1.82) is 0 Å². The summed E-state index contributed by atoms with van der Waals surface area (Å²) in [5.74, 6) is 0.479. The minimum absolute atomic E-state index is 0.0893. The summed E-state index contributed by atoms with van der Waals surface area (Å²) in [6.07, 6.45) is -3.19. The number of hydrogen-bond acceptors (Lipinski definition) is 5. The van der Waals surface area contributed by atoms with E-state index >= 15 is 0 Å². The van der Waals surface area contributed by atoms with Crippen LogP contribution in [0.1, 0.15) is 28.0 Å². The molecule has 0 aliphatic heterocycles. The van der Waals surface area contributed by atoms with Gasteiger partial charge in [-0.1, -0.05) is 30.3 Å². The Bertz CT molecular complexity index is 1550. The van der Waals surface area contributed by atoms with Gasteiger partial charge in [-0.05, 0) is 79.1 Å². The van der Waals surface area contributed by atoms with Crippen molar-refractivity contribution in [2.24, 2.45) is 0 Å². The van der Waals surface area contributed by atoms with E-state index in [0.29, 0.717) is 23.1 Å². The van der Waals surface area contributed by atoms with Gasteiger partial charge in [-0.3, -0.25) is 0 Å². The van der Waals surface area contributed by atoms with Crippen molar-refractivity contribution in [2.75, 3.05) is 5.32 Å². The van der Waals surface area contributed by atoms with Gasteiger partial charge in [0.15, 0.2) is 0 Å². The third-order valence-corrected chi connectivity index (χ3v) is 7.26.